The van der Waals surface area contributed by atoms with Gasteiger partial charge in [0, 0.05) is 13.1 Å². The molecule has 0 radical (unpaired) electrons. The molecule has 0 unspecified atom stereocenters. The second kappa shape index (κ2) is 7.03. The summed E-state index contributed by atoms with van der Waals surface area (Å²) >= 11 is 1.60. The van der Waals surface area contributed by atoms with Crippen LogP contribution in [0.25, 0.3) is 10.6 Å². The average molecular weight is 362 g/mol. The van der Waals surface area contributed by atoms with E-state index in [2.05, 4.69) is 9.88 Å². The molecular formula is C18H16F2N2O2S. The van der Waals surface area contributed by atoms with Gasteiger partial charge in [-0.2, -0.15) is 0 Å². The normalized spacial score (nSPS) is 18.6. The molecule has 4 rings (SSSR count). The monoisotopic (exact) mass is 362 g/mol. The summed E-state index contributed by atoms with van der Waals surface area (Å²) in [5, 5.41) is 1.99. The van der Waals surface area contributed by atoms with Crippen molar-refractivity contribution in [3.63, 3.8) is 0 Å². The number of benzene rings is 1. The third-order valence-corrected chi connectivity index (χ3v) is 5.03. The number of thiophene rings is 1. The van der Waals surface area contributed by atoms with Crippen LogP contribution in [0.15, 0.2) is 46.3 Å². The Labute approximate surface area is 147 Å². The highest BCUT2D eigenvalue weighted by atomic mass is 32.1. The molecule has 130 valence electrons. The van der Waals surface area contributed by atoms with Gasteiger partial charge in [0.1, 0.15) is 0 Å². The van der Waals surface area contributed by atoms with Gasteiger partial charge >= 0.3 is 0 Å². The molecule has 3 aromatic rings. The first-order valence-corrected chi connectivity index (χ1v) is 8.84. The van der Waals surface area contributed by atoms with E-state index < -0.39 is 11.6 Å². The van der Waals surface area contributed by atoms with Crippen LogP contribution in [-0.4, -0.2) is 29.6 Å². The summed E-state index contributed by atoms with van der Waals surface area (Å²) < 4.78 is 38.1. The van der Waals surface area contributed by atoms with Gasteiger partial charge in [-0.1, -0.05) is 12.1 Å². The van der Waals surface area contributed by atoms with E-state index in [4.69, 9.17) is 9.15 Å². The van der Waals surface area contributed by atoms with Gasteiger partial charge < -0.3 is 9.15 Å². The number of morpholine rings is 1. The van der Waals surface area contributed by atoms with Gasteiger partial charge in [-0.05, 0) is 29.1 Å². The topological polar surface area (TPSA) is 38.5 Å². The maximum atomic E-state index is 13.4. The molecule has 2 aromatic heterocycles. The highest BCUT2D eigenvalue weighted by Gasteiger charge is 2.24. The molecule has 0 N–H and O–H groups in total. The van der Waals surface area contributed by atoms with Crippen molar-refractivity contribution in [2.45, 2.75) is 12.6 Å². The summed E-state index contributed by atoms with van der Waals surface area (Å²) in [4.78, 5) is 7.52. The van der Waals surface area contributed by atoms with Crippen LogP contribution in [0.2, 0.25) is 0 Å². The summed E-state index contributed by atoms with van der Waals surface area (Å²) in [6.45, 7) is 2.37. The number of nitrogens with zero attached hydrogens (tertiary/aromatic N) is 2. The number of hydrogen-bond acceptors (Lipinski definition) is 5. The lowest BCUT2D eigenvalue weighted by Gasteiger charge is -2.32. The molecule has 0 amide bonds. The van der Waals surface area contributed by atoms with Crippen molar-refractivity contribution < 1.29 is 17.9 Å². The number of ether oxygens (including phenoxy) is 1. The molecule has 1 aromatic carbocycles. The quantitative estimate of drug-likeness (QED) is 0.695. The molecule has 1 atom stereocenters. The van der Waals surface area contributed by atoms with E-state index >= 15 is 0 Å². The predicted octanol–water partition coefficient (Wildman–Crippen LogP) is 4.25. The molecule has 7 heteroatoms. The molecule has 0 aliphatic carbocycles. The number of halogens is 2. The number of aromatic nitrogens is 1. The molecule has 1 aliphatic heterocycles. The molecule has 4 nitrogen and oxygen atoms in total. The number of rotatable bonds is 4. The minimum absolute atomic E-state index is 0.296. The minimum atomic E-state index is -0.855. The fourth-order valence-corrected chi connectivity index (χ4v) is 3.54. The zero-order valence-corrected chi connectivity index (χ0v) is 14.1. The standard InChI is InChI=1S/C18H16F2N2O2S/c19-13-4-3-12(8-14(13)20)16-10-22(5-6-23-16)11-18-21-9-15(24-18)17-2-1-7-25-17/h1-4,7-9,16H,5-6,10-11H2/t16-/m1/s1. The summed E-state index contributed by atoms with van der Waals surface area (Å²) in [7, 11) is 0. The predicted molar refractivity (Wildman–Crippen MR) is 90.1 cm³/mol. The molecule has 3 heterocycles. The van der Waals surface area contributed by atoms with Crippen LogP contribution >= 0.6 is 11.3 Å². The van der Waals surface area contributed by atoms with Crippen LogP contribution in [0.5, 0.6) is 0 Å². The van der Waals surface area contributed by atoms with Crippen LogP contribution in [0.4, 0.5) is 8.78 Å². The fourth-order valence-electron chi connectivity index (χ4n) is 2.87. The van der Waals surface area contributed by atoms with E-state index in [1.807, 2.05) is 17.5 Å². The Morgan fingerprint density at radius 2 is 2.16 bits per heavy atom. The van der Waals surface area contributed by atoms with E-state index in [1.165, 1.54) is 6.07 Å². The Kier molecular flexibility index (Phi) is 4.61. The Morgan fingerprint density at radius 1 is 1.24 bits per heavy atom. The van der Waals surface area contributed by atoms with Crippen molar-refractivity contribution in [2.24, 2.45) is 0 Å². The van der Waals surface area contributed by atoms with Crippen LogP contribution in [-0.2, 0) is 11.3 Å². The summed E-state index contributed by atoms with van der Waals surface area (Å²) in [5.41, 5.74) is 0.635. The van der Waals surface area contributed by atoms with Crippen LogP contribution in [0, 0.1) is 11.6 Å². The first-order chi connectivity index (χ1) is 12.2. The Morgan fingerprint density at radius 3 is 2.96 bits per heavy atom. The van der Waals surface area contributed by atoms with Gasteiger partial charge in [-0.15, -0.1) is 11.3 Å². The third kappa shape index (κ3) is 3.63. The van der Waals surface area contributed by atoms with E-state index in [9.17, 15) is 8.78 Å². The number of oxazole rings is 1. The summed E-state index contributed by atoms with van der Waals surface area (Å²) in [6.07, 6.45) is 1.43. The lowest BCUT2D eigenvalue weighted by atomic mass is 10.1. The van der Waals surface area contributed by atoms with E-state index in [1.54, 1.807) is 23.6 Å². The Bertz CT molecular complexity index is 851. The second-order valence-corrected chi connectivity index (χ2v) is 6.81. The fraction of sp³-hybridized carbons (Fsp3) is 0.278. The minimum Gasteiger partial charge on any atom is -0.438 e. The van der Waals surface area contributed by atoms with Gasteiger partial charge in [-0.3, -0.25) is 4.90 Å². The number of hydrogen-bond donors (Lipinski definition) is 0. The maximum Gasteiger partial charge on any atom is 0.209 e. The average Bonchev–Trinajstić information content (AvgIpc) is 3.29. The SMILES string of the molecule is Fc1ccc([C@H]2CN(Cc3ncc(-c4cccs4)o3)CCO2)cc1F. The van der Waals surface area contributed by atoms with Gasteiger partial charge in [0.2, 0.25) is 5.89 Å². The van der Waals surface area contributed by atoms with Crippen molar-refractivity contribution in [3.8, 4) is 10.6 Å². The van der Waals surface area contributed by atoms with Crippen LogP contribution in [0.1, 0.15) is 17.6 Å². The van der Waals surface area contributed by atoms with E-state index in [0.29, 0.717) is 31.2 Å². The van der Waals surface area contributed by atoms with Crippen molar-refractivity contribution in [1.29, 1.82) is 0 Å². The van der Waals surface area contributed by atoms with Crippen molar-refractivity contribution in [3.05, 3.63) is 65.0 Å². The first-order valence-electron chi connectivity index (χ1n) is 7.96. The van der Waals surface area contributed by atoms with Gasteiger partial charge in [-0.25, -0.2) is 13.8 Å². The second-order valence-electron chi connectivity index (χ2n) is 5.86. The molecule has 25 heavy (non-hydrogen) atoms. The maximum absolute atomic E-state index is 13.4. The lowest BCUT2D eigenvalue weighted by Crippen LogP contribution is -2.37. The molecule has 1 saturated heterocycles. The highest BCUT2D eigenvalue weighted by molar-refractivity contribution is 7.13. The molecular weight excluding hydrogens is 346 g/mol. The Hall–Kier alpha value is -2.09. The van der Waals surface area contributed by atoms with Crippen LogP contribution in [0.3, 0.4) is 0 Å². The van der Waals surface area contributed by atoms with Gasteiger partial charge in [0.15, 0.2) is 17.4 Å². The summed E-state index contributed by atoms with van der Waals surface area (Å²) in [6, 6.07) is 7.85. The van der Waals surface area contributed by atoms with Crippen molar-refractivity contribution in [1.82, 2.24) is 9.88 Å². The molecule has 0 saturated carbocycles. The van der Waals surface area contributed by atoms with E-state index in [-0.39, 0.29) is 6.10 Å². The zero-order chi connectivity index (χ0) is 17.2. The molecule has 1 aliphatic rings. The van der Waals surface area contributed by atoms with Crippen molar-refractivity contribution >= 4 is 11.3 Å². The van der Waals surface area contributed by atoms with Crippen LogP contribution < -0.4 is 0 Å². The molecule has 0 spiro atoms. The largest absolute Gasteiger partial charge is 0.438 e. The molecule has 1 fully saturated rings. The lowest BCUT2D eigenvalue weighted by molar-refractivity contribution is -0.0352. The van der Waals surface area contributed by atoms with Gasteiger partial charge in [0.05, 0.1) is 30.3 Å². The third-order valence-electron chi connectivity index (χ3n) is 4.14. The first kappa shape index (κ1) is 16.4. The molecule has 0 bridgehead atoms. The smallest absolute Gasteiger partial charge is 0.209 e. The highest BCUT2D eigenvalue weighted by Crippen LogP contribution is 2.27. The zero-order valence-electron chi connectivity index (χ0n) is 13.3. The van der Waals surface area contributed by atoms with E-state index in [0.717, 1.165) is 23.2 Å². The van der Waals surface area contributed by atoms with Crippen molar-refractivity contribution in [2.75, 3.05) is 19.7 Å². The Balaban J connectivity index is 1.44. The van der Waals surface area contributed by atoms with Gasteiger partial charge in [0.25, 0.3) is 0 Å². The summed E-state index contributed by atoms with van der Waals surface area (Å²) in [5.74, 6) is -0.312.